The molecule has 37 nitrogen and oxygen atoms in total. The van der Waals surface area contributed by atoms with Gasteiger partial charge in [0.05, 0.1) is 108 Å². The number of nitrogens with zero attached hydrogens (tertiary/aromatic N) is 6. The number of aliphatic carboxylic acids is 3. The van der Waals surface area contributed by atoms with Crippen LogP contribution < -0.4 is 17.2 Å². The minimum Gasteiger partial charge on any atom is -0.481 e. The summed E-state index contributed by atoms with van der Waals surface area (Å²) in [5, 5.41) is 200. The zero-order chi connectivity index (χ0) is 59.6. The largest absolute Gasteiger partial charge is 0.481 e. The lowest BCUT2D eigenvalue weighted by Gasteiger charge is -2.48. The number of hydrogen-bond donors (Lipinski definition) is 25. The van der Waals surface area contributed by atoms with Crippen LogP contribution in [0.2, 0.25) is 0 Å². The molecule has 0 saturated carbocycles. The molecular weight excluding hydrogens is 1040 g/mol. The van der Waals surface area contributed by atoms with Gasteiger partial charge in [0.2, 0.25) is 17.7 Å². The lowest BCUT2D eigenvalue weighted by molar-refractivity contribution is -0.188. The van der Waals surface area contributed by atoms with Gasteiger partial charge in [-0.25, -0.2) is 4.79 Å². The molecule has 3 rings (SSSR count). The number of nitrogens with one attached hydrogen (secondary N) is 3. The number of likely N-dealkylation sites (tertiary alicyclic amines) is 3. The van der Waals surface area contributed by atoms with Crippen molar-refractivity contribution < 1.29 is 126 Å². The maximum absolute atomic E-state index is 12.3. The van der Waals surface area contributed by atoms with Gasteiger partial charge < -0.3 is 144 Å². The molecule has 28 N–H and O–H groups in total. The fourth-order valence-corrected chi connectivity index (χ4v) is 7.81. The lowest BCUT2D eigenvalue weighted by Crippen LogP contribution is -2.70. The van der Waals surface area contributed by atoms with Gasteiger partial charge in [-0.3, -0.25) is 40.2 Å². The maximum atomic E-state index is 12.3. The Balaban J connectivity index is 0.00000100. The third-order valence-electron chi connectivity index (χ3n) is 12.2. The number of aliphatic hydroxyl groups is 16. The van der Waals surface area contributed by atoms with E-state index in [-0.39, 0.29) is 37.5 Å². The number of carbonyl (C=O) groups is 6. The van der Waals surface area contributed by atoms with Gasteiger partial charge in [0.15, 0.2) is 23.5 Å². The third-order valence-corrected chi connectivity index (χ3v) is 12.2. The van der Waals surface area contributed by atoms with Crippen molar-refractivity contribution in [1.82, 2.24) is 29.4 Å². The fourth-order valence-electron chi connectivity index (χ4n) is 7.81. The van der Waals surface area contributed by atoms with Gasteiger partial charge in [-0.2, -0.15) is 0 Å². The molecule has 0 aliphatic carbocycles. The van der Waals surface area contributed by atoms with E-state index in [0.29, 0.717) is 0 Å². The molecular formula is C39H74N12O25. The summed E-state index contributed by atoms with van der Waals surface area (Å²) >= 11 is 0. The molecule has 0 aromatic carbocycles. The Morgan fingerprint density at radius 2 is 0.579 bits per heavy atom. The lowest BCUT2D eigenvalue weighted by atomic mass is 9.88. The van der Waals surface area contributed by atoms with Crippen molar-refractivity contribution in [2.45, 2.75) is 110 Å². The second-order valence-corrected chi connectivity index (χ2v) is 17.5. The Labute approximate surface area is 431 Å². The van der Waals surface area contributed by atoms with Gasteiger partial charge in [-0.05, 0) is 0 Å². The highest BCUT2D eigenvalue weighted by atomic mass is 16.4. The molecule has 0 radical (unpaired) electrons. The van der Waals surface area contributed by atoms with E-state index < -0.39 is 185 Å². The quantitative estimate of drug-likeness (QED) is 0.0475. The number of carbonyl (C=O) groups excluding carboxylic acids is 3. The second-order valence-electron chi connectivity index (χ2n) is 17.5. The number of hydrogen-bond acceptors (Lipinski definition) is 25. The van der Waals surface area contributed by atoms with Crippen molar-refractivity contribution in [3.63, 3.8) is 0 Å². The first-order chi connectivity index (χ1) is 35.0. The molecule has 3 fully saturated rings. The van der Waals surface area contributed by atoms with Crippen LogP contribution in [0.1, 0.15) is 12.8 Å². The van der Waals surface area contributed by atoms with Gasteiger partial charge in [0.1, 0.15) is 54.9 Å². The van der Waals surface area contributed by atoms with Crippen molar-refractivity contribution in [3.05, 3.63) is 0 Å². The van der Waals surface area contributed by atoms with E-state index >= 15 is 0 Å². The average molecular weight is 1110 g/mol. The normalized spacial score (nSPS) is 29.1. The van der Waals surface area contributed by atoms with E-state index in [0.717, 1.165) is 29.4 Å². The van der Waals surface area contributed by atoms with Crippen LogP contribution in [0.3, 0.4) is 0 Å². The summed E-state index contributed by atoms with van der Waals surface area (Å²) in [5.74, 6) is -8.07. The Kier molecular flexibility index (Phi) is 28.8. The molecule has 3 saturated heterocycles. The smallest absolute Gasteiger partial charge is 0.336 e. The molecule has 3 aliphatic heterocycles. The average Bonchev–Trinajstić information content (AvgIpc) is 3.33. The van der Waals surface area contributed by atoms with Crippen LogP contribution in [0.25, 0.3) is 0 Å². The second kappa shape index (κ2) is 31.3. The van der Waals surface area contributed by atoms with Crippen molar-refractivity contribution in [3.8, 4) is 0 Å². The van der Waals surface area contributed by atoms with E-state index in [2.05, 4.69) is 0 Å². The van der Waals surface area contributed by atoms with Crippen molar-refractivity contribution >= 4 is 53.5 Å². The van der Waals surface area contributed by atoms with Crippen LogP contribution in [0.15, 0.2) is 0 Å². The summed E-state index contributed by atoms with van der Waals surface area (Å²) in [5.41, 5.74) is 12.9. The summed E-state index contributed by atoms with van der Waals surface area (Å²) in [6, 6.07) is -7.04. The number of carboxylic acids is 3. The molecule has 440 valence electrons. The zero-order valence-electron chi connectivity index (χ0n) is 41.3. The molecule has 37 heteroatoms. The highest BCUT2D eigenvalue weighted by Gasteiger charge is 2.52. The summed E-state index contributed by atoms with van der Waals surface area (Å²) in [4.78, 5) is 73.4. The zero-order valence-corrected chi connectivity index (χ0v) is 41.3. The van der Waals surface area contributed by atoms with Crippen molar-refractivity contribution in [1.29, 1.82) is 16.2 Å². The molecule has 0 spiro atoms. The number of carboxylic acid groups (broad SMARTS) is 3. The highest BCUT2D eigenvalue weighted by Crippen LogP contribution is 2.27. The van der Waals surface area contributed by atoms with Gasteiger partial charge in [-0.1, -0.05) is 0 Å². The van der Waals surface area contributed by atoms with E-state index in [1.54, 1.807) is 0 Å². The highest BCUT2D eigenvalue weighted by molar-refractivity contribution is 5.88. The molecule has 76 heavy (non-hydrogen) atoms. The Morgan fingerprint density at radius 3 is 0.697 bits per heavy atom. The molecule has 0 aromatic heterocycles. The molecule has 3 heterocycles. The van der Waals surface area contributed by atoms with Crippen molar-refractivity contribution in [2.24, 2.45) is 17.2 Å². The number of nitrogens with two attached hydrogens (primary N) is 3. The first-order valence-electron chi connectivity index (χ1n) is 22.3. The summed E-state index contributed by atoms with van der Waals surface area (Å²) in [6.07, 6.45) is -16.4. The van der Waals surface area contributed by atoms with Crippen LogP contribution in [-0.2, 0) is 28.8 Å². The van der Waals surface area contributed by atoms with Gasteiger partial charge in [0, 0.05) is 21.1 Å². The number of guanidine groups is 3. The monoisotopic (exact) mass is 1110 g/mol. The van der Waals surface area contributed by atoms with Gasteiger partial charge >= 0.3 is 17.9 Å². The minimum absolute atomic E-state index is 0.335. The molecule has 3 aliphatic rings. The first kappa shape index (κ1) is 70.0. The Hall–Kier alpha value is -6.01. The third kappa shape index (κ3) is 18.1. The van der Waals surface area contributed by atoms with Gasteiger partial charge in [0.25, 0.3) is 0 Å². The Morgan fingerprint density at radius 1 is 0.408 bits per heavy atom. The molecule has 0 bridgehead atoms. The molecule has 15 atom stereocenters. The van der Waals surface area contributed by atoms with Crippen LogP contribution in [0.5, 0.6) is 0 Å². The Bertz CT molecular complexity index is 1720. The van der Waals surface area contributed by atoms with E-state index in [1.165, 1.54) is 21.1 Å². The van der Waals surface area contributed by atoms with Crippen molar-refractivity contribution in [2.75, 3.05) is 80.4 Å². The number of rotatable bonds is 17. The van der Waals surface area contributed by atoms with Crippen LogP contribution >= 0.6 is 0 Å². The van der Waals surface area contributed by atoms with Crippen LogP contribution in [0.4, 0.5) is 0 Å². The summed E-state index contributed by atoms with van der Waals surface area (Å²) < 4.78 is 0. The predicted molar refractivity (Wildman–Crippen MR) is 251 cm³/mol. The maximum Gasteiger partial charge on any atom is 0.336 e. The number of piperidine rings is 3. The topological polar surface area (TPSA) is 656 Å². The predicted octanol–water partition coefficient (Wildman–Crippen LogP) is -14.9. The van der Waals surface area contributed by atoms with E-state index in [9.17, 15) is 105 Å². The minimum atomic E-state index is -2.74. The number of likely N-dealkylation sites (N-methyl/N-ethyl adjacent to an activating group) is 3. The molecule has 3 amide bonds. The summed E-state index contributed by atoms with van der Waals surface area (Å²) in [7, 11) is 4.19. The molecule has 0 aromatic rings. The van der Waals surface area contributed by atoms with Gasteiger partial charge in [-0.15, -0.1) is 0 Å². The first-order valence-corrected chi connectivity index (χ1v) is 22.3. The number of aliphatic hydroxyl groups excluding tert-OH is 15. The number of amides is 3. The standard InChI is InChI=1S/3C11H22N4O6.C6H8O7/c3*1-14(11(12)13)2-7(18)15-5(3-16)8(19)10(21)9(20)6(15)4-17;7-3(8)1-6(13,5(11)12)2-4(9)10/h3*5-6,8-10,16-17,19-21H,2-4H2,1H3,(H3,12,13);13H,1-2H2,(H,7,8)(H,9,10)(H,11,12)/t3*5-,6-,8-,9+,10+;/m111./s1. The van der Waals surface area contributed by atoms with E-state index in [4.69, 9.17) is 53.9 Å². The SMILES string of the molecule is CN(CC(=O)N1[C@H](CO)[C@H](O)[C@@H](O)[C@H](O)[C@H]1CO)C(=N)N.CN(CC(=O)N1[C@H](CO)[C@H](O)[C@@H](O)[C@H](O)[C@H]1CO)C(=N)N.CN(CC(=O)N1[C@H](CO)[C@H](O)[C@@H](O)[C@H](O)[C@H]1CO)C(=N)N.O=C(O)CC(O)(CC(=O)O)C(=O)O. The summed E-state index contributed by atoms with van der Waals surface area (Å²) in [6.45, 7) is -4.94. The van der Waals surface area contributed by atoms with Crippen LogP contribution in [-0.4, -0.2) is 357 Å². The van der Waals surface area contributed by atoms with E-state index in [1.807, 2.05) is 0 Å². The molecule has 0 unspecified atom stereocenters. The van der Waals surface area contributed by atoms with Crippen LogP contribution in [0, 0.1) is 16.2 Å². The fraction of sp³-hybridized carbons (Fsp3) is 0.769.